The van der Waals surface area contributed by atoms with Gasteiger partial charge in [0.2, 0.25) is 5.88 Å². The molecule has 6 nitrogen and oxygen atoms in total. The number of guanidine groups is 1. The number of nitrogens with two attached hydrogens (primary N) is 1. The topological polar surface area (TPSA) is 73.0 Å². The van der Waals surface area contributed by atoms with E-state index >= 15 is 0 Å². The van der Waals surface area contributed by atoms with Crippen LogP contribution in [0.15, 0.2) is 23.3 Å². The lowest BCUT2D eigenvalue weighted by Gasteiger charge is -2.27. The Morgan fingerprint density at radius 3 is 2.70 bits per heavy atom. The van der Waals surface area contributed by atoms with Crippen LogP contribution in [0.2, 0.25) is 0 Å². The fraction of sp³-hybridized carbons (Fsp3) is 0.571. The van der Waals surface area contributed by atoms with Gasteiger partial charge in [0.05, 0.1) is 25.4 Å². The summed E-state index contributed by atoms with van der Waals surface area (Å²) in [6.45, 7) is 3.50. The highest BCUT2D eigenvalue weighted by Gasteiger charge is 2.30. The Kier molecular flexibility index (Phi) is 6.03. The van der Waals surface area contributed by atoms with E-state index in [4.69, 9.17) is 15.2 Å². The molecule has 0 spiro atoms. The number of aromatic nitrogens is 1. The maximum atomic E-state index is 12.4. The highest BCUT2D eigenvalue weighted by Crippen LogP contribution is 2.29. The van der Waals surface area contributed by atoms with Crippen molar-refractivity contribution in [2.45, 2.75) is 12.6 Å². The highest BCUT2D eigenvalue weighted by molar-refractivity contribution is 5.78. The van der Waals surface area contributed by atoms with Crippen molar-refractivity contribution in [3.05, 3.63) is 23.9 Å². The summed E-state index contributed by atoms with van der Waals surface area (Å²) < 4.78 is 47.6. The van der Waals surface area contributed by atoms with Crippen molar-refractivity contribution in [2.75, 3.05) is 39.5 Å². The van der Waals surface area contributed by atoms with Crippen LogP contribution in [-0.4, -0.2) is 55.3 Å². The third-order valence-corrected chi connectivity index (χ3v) is 3.22. The van der Waals surface area contributed by atoms with Crippen molar-refractivity contribution in [3.63, 3.8) is 0 Å². The Morgan fingerprint density at radius 1 is 1.35 bits per heavy atom. The van der Waals surface area contributed by atoms with Gasteiger partial charge in [0.15, 0.2) is 5.96 Å². The van der Waals surface area contributed by atoms with Gasteiger partial charge in [-0.3, -0.25) is 4.99 Å². The molecular formula is C14H19F3N4O2. The second-order valence-electron chi connectivity index (χ2n) is 4.92. The molecule has 1 saturated heterocycles. The Labute approximate surface area is 132 Å². The molecule has 23 heavy (non-hydrogen) atoms. The van der Waals surface area contributed by atoms with E-state index in [2.05, 4.69) is 9.98 Å². The van der Waals surface area contributed by atoms with Crippen molar-refractivity contribution in [1.29, 1.82) is 0 Å². The molecule has 0 atom stereocenters. The summed E-state index contributed by atoms with van der Waals surface area (Å²) in [7, 11) is 0. The molecule has 1 aliphatic heterocycles. The van der Waals surface area contributed by atoms with Crippen LogP contribution >= 0.6 is 0 Å². The van der Waals surface area contributed by atoms with Crippen LogP contribution in [0.5, 0.6) is 5.88 Å². The van der Waals surface area contributed by atoms with Crippen molar-refractivity contribution in [3.8, 4) is 5.88 Å². The largest absolute Gasteiger partial charge is 0.478 e. The number of rotatable bonds is 5. The first kappa shape index (κ1) is 17.3. The predicted molar refractivity (Wildman–Crippen MR) is 78.2 cm³/mol. The first-order chi connectivity index (χ1) is 11.0. The number of halogens is 3. The maximum absolute atomic E-state index is 12.4. The summed E-state index contributed by atoms with van der Waals surface area (Å²) in [5, 5.41) is 0. The highest BCUT2D eigenvalue weighted by atomic mass is 19.4. The molecule has 128 valence electrons. The molecule has 0 aliphatic carbocycles. The zero-order valence-corrected chi connectivity index (χ0v) is 12.6. The molecule has 2 N–H and O–H groups in total. The van der Waals surface area contributed by atoms with Gasteiger partial charge >= 0.3 is 6.18 Å². The molecule has 1 fully saturated rings. The van der Waals surface area contributed by atoms with Crippen molar-refractivity contribution >= 4 is 5.96 Å². The molecule has 1 aromatic heterocycles. The molecule has 0 amide bonds. The second-order valence-corrected chi connectivity index (χ2v) is 4.92. The van der Waals surface area contributed by atoms with E-state index in [0.717, 1.165) is 25.4 Å². The number of nitrogens with zero attached hydrogens (tertiary/aromatic N) is 3. The van der Waals surface area contributed by atoms with E-state index < -0.39 is 11.7 Å². The summed E-state index contributed by atoms with van der Waals surface area (Å²) in [6.07, 6.45) is -3.05. The molecule has 0 aromatic carbocycles. The molecule has 2 rings (SSSR count). The normalized spacial score (nSPS) is 16.5. The number of hydrogen-bond donors (Lipinski definition) is 1. The zero-order chi connectivity index (χ0) is 16.7. The van der Waals surface area contributed by atoms with Crippen LogP contribution in [0.3, 0.4) is 0 Å². The number of morpholine rings is 1. The molecule has 1 aliphatic rings. The lowest BCUT2D eigenvalue weighted by molar-refractivity contribution is -0.137. The van der Waals surface area contributed by atoms with Gasteiger partial charge in [0.1, 0.15) is 0 Å². The lowest BCUT2D eigenvalue weighted by Crippen LogP contribution is -2.44. The van der Waals surface area contributed by atoms with Crippen molar-refractivity contribution in [2.24, 2.45) is 10.7 Å². The van der Waals surface area contributed by atoms with E-state index in [0.29, 0.717) is 38.7 Å². The van der Waals surface area contributed by atoms with Crippen LogP contribution in [0, 0.1) is 0 Å². The van der Waals surface area contributed by atoms with Gasteiger partial charge in [-0.15, -0.1) is 0 Å². The van der Waals surface area contributed by atoms with Gasteiger partial charge in [-0.25, -0.2) is 4.98 Å². The van der Waals surface area contributed by atoms with Gasteiger partial charge in [-0.2, -0.15) is 13.2 Å². The zero-order valence-electron chi connectivity index (χ0n) is 12.6. The number of alkyl halides is 3. The molecular weight excluding hydrogens is 313 g/mol. The number of pyridine rings is 1. The number of aliphatic imine (C=N–C) groups is 1. The van der Waals surface area contributed by atoms with Crippen LogP contribution < -0.4 is 10.5 Å². The molecule has 0 radical (unpaired) electrons. The first-order valence-corrected chi connectivity index (χ1v) is 7.25. The van der Waals surface area contributed by atoms with Crippen LogP contribution in [-0.2, 0) is 10.9 Å². The summed E-state index contributed by atoms with van der Waals surface area (Å²) in [5.41, 5.74) is 5.06. The van der Waals surface area contributed by atoms with Crippen molar-refractivity contribution < 1.29 is 22.6 Å². The van der Waals surface area contributed by atoms with Crippen LogP contribution in [0.25, 0.3) is 0 Å². The fourth-order valence-electron chi connectivity index (χ4n) is 1.96. The summed E-state index contributed by atoms with van der Waals surface area (Å²) in [6, 6.07) is 2.14. The average molecular weight is 332 g/mol. The Morgan fingerprint density at radius 2 is 2.09 bits per heavy atom. The SMILES string of the molecule is NC(=NCCCOc1ccc(C(F)(F)F)cn1)N1CCOCC1. The molecule has 0 bridgehead atoms. The molecule has 9 heteroatoms. The van der Waals surface area contributed by atoms with E-state index in [1.165, 1.54) is 6.07 Å². The van der Waals surface area contributed by atoms with E-state index in [1.807, 2.05) is 4.90 Å². The summed E-state index contributed by atoms with van der Waals surface area (Å²) in [5.74, 6) is 0.629. The molecule has 0 unspecified atom stereocenters. The third-order valence-electron chi connectivity index (χ3n) is 3.22. The quantitative estimate of drug-likeness (QED) is 0.503. The lowest BCUT2D eigenvalue weighted by atomic mass is 10.3. The van der Waals surface area contributed by atoms with Crippen LogP contribution in [0.1, 0.15) is 12.0 Å². The van der Waals surface area contributed by atoms with E-state index in [9.17, 15) is 13.2 Å². The Balaban J connectivity index is 1.69. The monoisotopic (exact) mass is 332 g/mol. The van der Waals surface area contributed by atoms with Gasteiger partial charge in [0, 0.05) is 38.3 Å². The number of ether oxygens (including phenoxy) is 2. The minimum Gasteiger partial charge on any atom is -0.478 e. The van der Waals surface area contributed by atoms with Gasteiger partial charge in [-0.05, 0) is 6.07 Å². The van der Waals surface area contributed by atoms with Gasteiger partial charge in [-0.1, -0.05) is 0 Å². The first-order valence-electron chi connectivity index (χ1n) is 7.25. The van der Waals surface area contributed by atoms with Crippen molar-refractivity contribution in [1.82, 2.24) is 9.88 Å². The predicted octanol–water partition coefficient (Wildman–Crippen LogP) is 1.52. The molecule has 0 saturated carbocycles. The number of hydrogen-bond acceptors (Lipinski definition) is 4. The fourth-order valence-corrected chi connectivity index (χ4v) is 1.96. The minimum absolute atomic E-state index is 0.156. The summed E-state index contributed by atoms with van der Waals surface area (Å²) in [4.78, 5) is 9.81. The smallest absolute Gasteiger partial charge is 0.417 e. The van der Waals surface area contributed by atoms with Crippen LogP contribution in [0.4, 0.5) is 13.2 Å². The molecule has 2 heterocycles. The Hall–Kier alpha value is -2.03. The average Bonchev–Trinajstić information content (AvgIpc) is 2.55. The third kappa shape index (κ3) is 5.59. The maximum Gasteiger partial charge on any atom is 0.417 e. The van der Waals surface area contributed by atoms with Gasteiger partial charge in [0.25, 0.3) is 0 Å². The standard InChI is InChI=1S/C14H19F3N4O2/c15-14(16,17)11-2-3-12(20-10-11)23-7-1-4-19-13(18)21-5-8-22-9-6-21/h2-3,10H,1,4-9H2,(H2,18,19). The minimum atomic E-state index is -4.39. The summed E-state index contributed by atoms with van der Waals surface area (Å²) >= 11 is 0. The second kappa shape index (κ2) is 8.00. The van der Waals surface area contributed by atoms with E-state index in [1.54, 1.807) is 0 Å². The Bertz CT molecular complexity index is 514. The van der Waals surface area contributed by atoms with E-state index in [-0.39, 0.29) is 5.88 Å². The molecule has 1 aromatic rings. The van der Waals surface area contributed by atoms with Gasteiger partial charge < -0.3 is 20.1 Å².